The van der Waals surface area contributed by atoms with Gasteiger partial charge in [-0.2, -0.15) is 0 Å². The summed E-state index contributed by atoms with van der Waals surface area (Å²) in [5.74, 6) is 1.29. The molecule has 0 bridgehead atoms. The van der Waals surface area contributed by atoms with Gasteiger partial charge >= 0.3 is 0 Å². The molecule has 0 aliphatic heterocycles. The maximum absolute atomic E-state index is 10.6. The Morgan fingerprint density at radius 2 is 1.75 bits per heavy atom. The Labute approximate surface area is 142 Å². The third-order valence-electron chi connectivity index (χ3n) is 3.38. The summed E-state index contributed by atoms with van der Waals surface area (Å²) < 4.78 is 5.61. The van der Waals surface area contributed by atoms with Gasteiger partial charge in [-0.25, -0.2) is 0 Å². The lowest BCUT2D eigenvalue weighted by Crippen LogP contribution is -1.96. The van der Waals surface area contributed by atoms with Gasteiger partial charge in [0.2, 0.25) is 0 Å². The van der Waals surface area contributed by atoms with Crippen molar-refractivity contribution in [2.45, 2.75) is 19.8 Å². The summed E-state index contributed by atoms with van der Waals surface area (Å²) in [7, 11) is 0. The van der Waals surface area contributed by atoms with E-state index in [0.29, 0.717) is 11.3 Å². The molecule has 124 valence electrons. The van der Waals surface area contributed by atoms with Gasteiger partial charge in [0.15, 0.2) is 5.76 Å². The average molecular weight is 323 g/mol. The zero-order valence-corrected chi connectivity index (χ0v) is 13.8. The first kappa shape index (κ1) is 17.5. The van der Waals surface area contributed by atoms with E-state index in [1.807, 2.05) is 24.3 Å². The van der Waals surface area contributed by atoms with Gasteiger partial charge < -0.3 is 9.57 Å². The molecular formula is C20H21NO3. The van der Waals surface area contributed by atoms with Gasteiger partial charge in [0.25, 0.3) is 0 Å². The van der Waals surface area contributed by atoms with Gasteiger partial charge in [-0.15, -0.1) is 0 Å². The fraction of sp³-hybridized carbons (Fsp3) is 0.200. The highest BCUT2D eigenvalue weighted by atomic mass is 16.6. The van der Waals surface area contributed by atoms with E-state index in [4.69, 9.17) is 9.57 Å². The molecule has 0 fully saturated rings. The number of carbonyl (C=O) groups excluding carboxylic acids is 1. The predicted octanol–water partition coefficient (Wildman–Crippen LogP) is 4.70. The summed E-state index contributed by atoms with van der Waals surface area (Å²) in [4.78, 5) is 15.9. The van der Waals surface area contributed by atoms with E-state index >= 15 is 0 Å². The SMILES string of the molecule is C=C(O/N=C/c1ccc(C=O)cc1)c1ccc(OCCCC)cc1. The largest absolute Gasteiger partial charge is 0.494 e. The lowest BCUT2D eigenvalue weighted by molar-refractivity contribution is 0.112. The first-order valence-electron chi connectivity index (χ1n) is 7.90. The van der Waals surface area contributed by atoms with Crippen LogP contribution in [-0.4, -0.2) is 19.1 Å². The van der Waals surface area contributed by atoms with Crippen LogP contribution < -0.4 is 4.74 Å². The molecule has 0 saturated carbocycles. The van der Waals surface area contributed by atoms with Crippen LogP contribution in [0.25, 0.3) is 5.76 Å². The van der Waals surface area contributed by atoms with E-state index in [9.17, 15) is 4.79 Å². The molecule has 2 aromatic rings. The molecule has 2 aromatic carbocycles. The van der Waals surface area contributed by atoms with Crippen LogP contribution in [0.15, 0.2) is 60.3 Å². The molecule has 0 N–H and O–H groups in total. The molecule has 2 rings (SSSR count). The number of ether oxygens (including phenoxy) is 1. The Hall–Kier alpha value is -2.88. The van der Waals surface area contributed by atoms with Crippen LogP contribution in [-0.2, 0) is 4.84 Å². The summed E-state index contributed by atoms with van der Waals surface area (Å²) in [5.41, 5.74) is 2.30. The van der Waals surface area contributed by atoms with E-state index in [1.165, 1.54) is 0 Å². The first-order valence-corrected chi connectivity index (χ1v) is 7.90. The summed E-state index contributed by atoms with van der Waals surface area (Å²) in [6.07, 6.45) is 4.52. The van der Waals surface area contributed by atoms with Crippen molar-refractivity contribution in [3.05, 3.63) is 71.8 Å². The van der Waals surface area contributed by atoms with Crippen molar-refractivity contribution in [3.8, 4) is 5.75 Å². The highest BCUT2D eigenvalue weighted by Crippen LogP contribution is 2.19. The van der Waals surface area contributed by atoms with Gasteiger partial charge in [-0.05, 0) is 36.2 Å². The zero-order valence-electron chi connectivity index (χ0n) is 13.8. The fourth-order valence-corrected chi connectivity index (χ4v) is 1.94. The molecule has 0 spiro atoms. The summed E-state index contributed by atoms with van der Waals surface area (Å²) in [6.45, 7) is 6.72. The maximum Gasteiger partial charge on any atom is 0.158 e. The quantitative estimate of drug-likeness (QED) is 0.221. The van der Waals surface area contributed by atoms with Crippen molar-refractivity contribution in [2.24, 2.45) is 5.16 Å². The van der Waals surface area contributed by atoms with Crippen molar-refractivity contribution < 1.29 is 14.4 Å². The van der Waals surface area contributed by atoms with Crippen LogP contribution in [0, 0.1) is 0 Å². The molecule has 0 radical (unpaired) electrons. The molecule has 0 aliphatic rings. The lowest BCUT2D eigenvalue weighted by Gasteiger charge is -2.07. The monoisotopic (exact) mass is 323 g/mol. The van der Waals surface area contributed by atoms with Crippen molar-refractivity contribution in [1.82, 2.24) is 0 Å². The van der Waals surface area contributed by atoms with Crippen LogP contribution >= 0.6 is 0 Å². The molecule has 0 aliphatic carbocycles. The second kappa shape index (κ2) is 9.30. The number of nitrogens with zero attached hydrogens (tertiary/aromatic N) is 1. The van der Waals surface area contributed by atoms with Gasteiger partial charge in [-0.1, -0.05) is 49.3 Å². The van der Waals surface area contributed by atoms with Gasteiger partial charge in [0.05, 0.1) is 12.8 Å². The summed E-state index contributed by atoms with van der Waals surface area (Å²) >= 11 is 0. The fourth-order valence-electron chi connectivity index (χ4n) is 1.94. The van der Waals surface area contributed by atoms with Crippen LogP contribution in [0.5, 0.6) is 5.75 Å². The molecule has 0 heterocycles. The van der Waals surface area contributed by atoms with Crippen molar-refractivity contribution in [1.29, 1.82) is 0 Å². The standard InChI is InChI=1S/C20H21NO3/c1-3-4-13-23-20-11-9-19(10-12-20)16(2)24-21-14-17-5-7-18(15-22)8-6-17/h5-12,14-15H,2-4,13H2,1H3/b21-14+. The Morgan fingerprint density at radius 3 is 2.38 bits per heavy atom. The van der Waals surface area contributed by atoms with E-state index < -0.39 is 0 Å². The number of aldehydes is 1. The highest BCUT2D eigenvalue weighted by molar-refractivity contribution is 5.82. The lowest BCUT2D eigenvalue weighted by atomic mass is 10.2. The minimum atomic E-state index is 0.455. The molecule has 4 nitrogen and oxygen atoms in total. The molecule has 0 amide bonds. The Kier molecular flexibility index (Phi) is 6.77. The van der Waals surface area contributed by atoms with Gasteiger partial charge in [0.1, 0.15) is 12.0 Å². The van der Waals surface area contributed by atoms with Gasteiger partial charge in [-0.3, -0.25) is 4.79 Å². The minimum Gasteiger partial charge on any atom is -0.494 e. The number of oxime groups is 1. The van der Waals surface area contributed by atoms with Crippen LogP contribution in [0.2, 0.25) is 0 Å². The van der Waals surface area contributed by atoms with E-state index in [-0.39, 0.29) is 0 Å². The highest BCUT2D eigenvalue weighted by Gasteiger charge is 2.01. The topological polar surface area (TPSA) is 47.9 Å². The number of benzene rings is 2. The van der Waals surface area contributed by atoms with Gasteiger partial charge in [0, 0.05) is 11.1 Å². The van der Waals surface area contributed by atoms with Crippen molar-refractivity contribution in [2.75, 3.05) is 6.61 Å². The molecular weight excluding hydrogens is 302 g/mol. The number of rotatable bonds is 9. The Morgan fingerprint density at radius 1 is 1.08 bits per heavy atom. The maximum atomic E-state index is 10.6. The molecule has 0 unspecified atom stereocenters. The van der Waals surface area contributed by atoms with Crippen LogP contribution in [0.3, 0.4) is 0 Å². The second-order valence-corrected chi connectivity index (χ2v) is 5.26. The average Bonchev–Trinajstić information content (AvgIpc) is 2.63. The summed E-state index contributed by atoms with van der Waals surface area (Å²) in [5, 5.41) is 3.91. The number of hydrogen-bond acceptors (Lipinski definition) is 4. The molecule has 4 heteroatoms. The normalized spacial score (nSPS) is 10.5. The number of carbonyl (C=O) groups is 1. The third kappa shape index (κ3) is 5.39. The summed E-state index contributed by atoms with van der Waals surface area (Å²) in [6, 6.07) is 14.6. The van der Waals surface area contributed by atoms with E-state index in [0.717, 1.165) is 42.6 Å². The molecule has 0 saturated heterocycles. The van der Waals surface area contributed by atoms with Crippen molar-refractivity contribution in [3.63, 3.8) is 0 Å². The minimum absolute atomic E-state index is 0.455. The second-order valence-electron chi connectivity index (χ2n) is 5.26. The molecule has 0 aromatic heterocycles. The smallest absolute Gasteiger partial charge is 0.158 e. The predicted molar refractivity (Wildman–Crippen MR) is 96.4 cm³/mol. The van der Waals surface area contributed by atoms with Crippen molar-refractivity contribution >= 4 is 18.3 Å². The Bertz CT molecular complexity index is 688. The van der Waals surface area contributed by atoms with E-state index in [1.54, 1.807) is 30.5 Å². The zero-order chi connectivity index (χ0) is 17.2. The Balaban J connectivity index is 1.87. The molecule has 24 heavy (non-hydrogen) atoms. The first-order chi connectivity index (χ1) is 11.7. The molecule has 0 atom stereocenters. The third-order valence-corrected chi connectivity index (χ3v) is 3.38. The van der Waals surface area contributed by atoms with Crippen LogP contribution in [0.1, 0.15) is 41.3 Å². The van der Waals surface area contributed by atoms with E-state index in [2.05, 4.69) is 18.7 Å². The number of hydrogen-bond donors (Lipinski definition) is 0. The number of unbranched alkanes of at least 4 members (excludes halogenated alkanes) is 1. The van der Waals surface area contributed by atoms with Crippen LogP contribution in [0.4, 0.5) is 0 Å².